The number of nitrogen functional groups attached to an aromatic ring is 1. The number of benzene rings is 1. The van der Waals surface area contributed by atoms with Gasteiger partial charge in [-0.25, -0.2) is 0 Å². The zero-order valence-corrected chi connectivity index (χ0v) is 7.83. The minimum atomic E-state index is 0.0752. The van der Waals surface area contributed by atoms with Gasteiger partial charge < -0.3 is 10.8 Å². The van der Waals surface area contributed by atoms with Crippen LogP contribution in [-0.4, -0.2) is 11.7 Å². The van der Waals surface area contributed by atoms with Crippen LogP contribution in [0.25, 0.3) is 6.08 Å². The molecule has 0 aromatic heterocycles. The molecule has 0 saturated carbocycles. The van der Waals surface area contributed by atoms with Gasteiger partial charge in [-0.2, -0.15) is 0 Å². The summed E-state index contributed by atoms with van der Waals surface area (Å²) in [6, 6.07) is 5.89. The Bertz CT molecular complexity index is 305. The molecule has 13 heavy (non-hydrogen) atoms. The van der Waals surface area contributed by atoms with Crippen molar-refractivity contribution in [2.75, 3.05) is 12.3 Å². The van der Waals surface area contributed by atoms with Crippen LogP contribution in [0.5, 0.6) is 0 Å². The van der Waals surface area contributed by atoms with E-state index in [1.165, 1.54) is 0 Å². The Labute approximate surface area is 78.7 Å². The van der Waals surface area contributed by atoms with E-state index >= 15 is 0 Å². The second-order valence-corrected chi connectivity index (χ2v) is 2.90. The van der Waals surface area contributed by atoms with Gasteiger partial charge in [0.15, 0.2) is 0 Å². The van der Waals surface area contributed by atoms with E-state index in [0.29, 0.717) is 0 Å². The van der Waals surface area contributed by atoms with Gasteiger partial charge in [0.25, 0.3) is 0 Å². The molecule has 0 bridgehead atoms. The summed E-state index contributed by atoms with van der Waals surface area (Å²) in [6.45, 7) is 2.15. The van der Waals surface area contributed by atoms with Gasteiger partial charge in [0.1, 0.15) is 0 Å². The van der Waals surface area contributed by atoms with Crippen LogP contribution in [0.1, 0.15) is 18.1 Å². The van der Waals surface area contributed by atoms with Crippen molar-refractivity contribution < 1.29 is 5.11 Å². The molecule has 1 aromatic rings. The van der Waals surface area contributed by atoms with Crippen molar-refractivity contribution >= 4 is 11.8 Å². The third-order valence-electron chi connectivity index (χ3n) is 1.96. The van der Waals surface area contributed by atoms with Crippen molar-refractivity contribution in [1.29, 1.82) is 0 Å². The van der Waals surface area contributed by atoms with E-state index in [1.54, 1.807) is 6.08 Å². The summed E-state index contributed by atoms with van der Waals surface area (Å²) in [5.74, 6) is 0. The molecule has 3 N–H and O–H groups in total. The summed E-state index contributed by atoms with van der Waals surface area (Å²) >= 11 is 0. The van der Waals surface area contributed by atoms with E-state index in [4.69, 9.17) is 10.8 Å². The largest absolute Gasteiger partial charge is 0.399 e. The Balaban J connectivity index is 2.92. The Hall–Kier alpha value is -1.28. The lowest BCUT2D eigenvalue weighted by molar-refractivity contribution is 0.343. The van der Waals surface area contributed by atoms with Gasteiger partial charge in [-0.3, -0.25) is 0 Å². The fraction of sp³-hybridized carbons (Fsp3) is 0.273. The number of aryl methyl sites for hydroxylation is 1. The van der Waals surface area contributed by atoms with Crippen molar-refractivity contribution in [2.24, 2.45) is 0 Å². The molecular weight excluding hydrogens is 162 g/mol. The van der Waals surface area contributed by atoms with Crippen molar-refractivity contribution in [2.45, 2.75) is 13.3 Å². The number of hydrogen-bond acceptors (Lipinski definition) is 2. The third kappa shape index (κ3) is 2.60. The molecule has 1 aromatic carbocycles. The molecular formula is C11H15NO. The number of hydrogen-bond donors (Lipinski definition) is 2. The highest BCUT2D eigenvalue weighted by atomic mass is 16.2. The number of aliphatic hydroxyl groups is 1. The summed E-state index contributed by atoms with van der Waals surface area (Å²) in [5, 5.41) is 8.60. The monoisotopic (exact) mass is 177 g/mol. The highest BCUT2D eigenvalue weighted by molar-refractivity contribution is 5.57. The van der Waals surface area contributed by atoms with E-state index < -0.39 is 0 Å². The van der Waals surface area contributed by atoms with Crippen LogP contribution in [0, 0.1) is 0 Å². The van der Waals surface area contributed by atoms with Crippen LogP contribution in [0.3, 0.4) is 0 Å². The second-order valence-electron chi connectivity index (χ2n) is 2.90. The van der Waals surface area contributed by atoms with Gasteiger partial charge in [-0.15, -0.1) is 0 Å². The van der Waals surface area contributed by atoms with Gasteiger partial charge >= 0.3 is 0 Å². The highest BCUT2D eigenvalue weighted by Gasteiger charge is 1.96. The predicted molar refractivity (Wildman–Crippen MR) is 56.4 cm³/mol. The van der Waals surface area contributed by atoms with Gasteiger partial charge in [0.2, 0.25) is 0 Å². The van der Waals surface area contributed by atoms with Crippen LogP contribution < -0.4 is 5.73 Å². The molecule has 0 fully saturated rings. The van der Waals surface area contributed by atoms with E-state index in [2.05, 4.69) is 6.92 Å². The fourth-order valence-corrected chi connectivity index (χ4v) is 1.22. The van der Waals surface area contributed by atoms with Crippen LogP contribution in [-0.2, 0) is 6.42 Å². The zero-order valence-electron chi connectivity index (χ0n) is 7.83. The molecule has 0 saturated heterocycles. The van der Waals surface area contributed by atoms with Crippen LogP contribution >= 0.6 is 0 Å². The van der Waals surface area contributed by atoms with E-state index in [1.807, 2.05) is 24.3 Å². The summed E-state index contributed by atoms with van der Waals surface area (Å²) in [4.78, 5) is 0. The number of aliphatic hydroxyl groups excluding tert-OH is 1. The predicted octanol–water partition coefficient (Wildman–Crippen LogP) is 1.84. The van der Waals surface area contributed by atoms with Crippen molar-refractivity contribution in [3.05, 3.63) is 35.4 Å². The number of rotatable bonds is 3. The van der Waals surface area contributed by atoms with E-state index in [0.717, 1.165) is 23.2 Å². The standard InChI is InChI=1S/C11H15NO/c1-2-10-8-9(4-3-7-13)5-6-11(10)12/h3-6,8,13H,2,7,12H2,1H3. The molecule has 0 spiro atoms. The Kier molecular flexibility index (Phi) is 3.53. The van der Waals surface area contributed by atoms with Crippen LogP contribution in [0.4, 0.5) is 5.69 Å². The topological polar surface area (TPSA) is 46.2 Å². The Morgan fingerprint density at radius 2 is 2.23 bits per heavy atom. The molecule has 0 aliphatic heterocycles. The molecule has 0 unspecified atom stereocenters. The smallest absolute Gasteiger partial charge is 0.0615 e. The molecule has 2 nitrogen and oxygen atoms in total. The van der Waals surface area contributed by atoms with E-state index in [9.17, 15) is 0 Å². The highest BCUT2D eigenvalue weighted by Crippen LogP contribution is 2.15. The number of anilines is 1. The molecule has 1 rings (SSSR count). The molecule has 70 valence electrons. The molecule has 0 aliphatic carbocycles. The Morgan fingerprint density at radius 3 is 2.85 bits per heavy atom. The third-order valence-corrected chi connectivity index (χ3v) is 1.96. The maximum Gasteiger partial charge on any atom is 0.0615 e. The molecule has 0 amide bonds. The molecule has 0 radical (unpaired) electrons. The second kappa shape index (κ2) is 4.67. The lowest BCUT2D eigenvalue weighted by atomic mass is 10.1. The van der Waals surface area contributed by atoms with Crippen LogP contribution in [0.2, 0.25) is 0 Å². The average Bonchev–Trinajstić information content (AvgIpc) is 2.16. The first-order chi connectivity index (χ1) is 6.27. The summed E-state index contributed by atoms with van der Waals surface area (Å²) < 4.78 is 0. The zero-order chi connectivity index (χ0) is 9.68. The maximum absolute atomic E-state index is 8.60. The number of nitrogens with two attached hydrogens (primary N) is 1. The Morgan fingerprint density at radius 1 is 1.46 bits per heavy atom. The van der Waals surface area contributed by atoms with Crippen LogP contribution in [0.15, 0.2) is 24.3 Å². The maximum atomic E-state index is 8.60. The molecule has 2 heteroatoms. The van der Waals surface area contributed by atoms with Crippen molar-refractivity contribution in [1.82, 2.24) is 0 Å². The molecule has 0 heterocycles. The summed E-state index contributed by atoms with van der Waals surface area (Å²) in [5.41, 5.74) is 8.83. The van der Waals surface area contributed by atoms with Gasteiger partial charge in [-0.05, 0) is 29.7 Å². The van der Waals surface area contributed by atoms with Gasteiger partial charge in [0, 0.05) is 5.69 Å². The van der Waals surface area contributed by atoms with Gasteiger partial charge in [0.05, 0.1) is 6.61 Å². The minimum absolute atomic E-state index is 0.0752. The van der Waals surface area contributed by atoms with Crippen molar-refractivity contribution in [3.63, 3.8) is 0 Å². The summed E-state index contributed by atoms with van der Waals surface area (Å²) in [7, 11) is 0. The minimum Gasteiger partial charge on any atom is -0.399 e. The average molecular weight is 177 g/mol. The fourth-order valence-electron chi connectivity index (χ4n) is 1.22. The summed E-state index contributed by atoms with van der Waals surface area (Å²) in [6.07, 6.45) is 4.54. The lowest BCUT2D eigenvalue weighted by Gasteiger charge is -2.03. The normalized spacial score (nSPS) is 10.9. The first kappa shape index (κ1) is 9.81. The molecule has 0 aliphatic rings. The van der Waals surface area contributed by atoms with Gasteiger partial charge in [-0.1, -0.05) is 25.1 Å². The first-order valence-electron chi connectivity index (χ1n) is 4.43. The SMILES string of the molecule is CCc1cc(C=CCO)ccc1N. The van der Waals surface area contributed by atoms with Crippen molar-refractivity contribution in [3.8, 4) is 0 Å². The molecule has 0 atom stereocenters. The lowest BCUT2D eigenvalue weighted by Crippen LogP contribution is -1.92. The van der Waals surface area contributed by atoms with E-state index in [-0.39, 0.29) is 6.61 Å². The first-order valence-corrected chi connectivity index (χ1v) is 4.43. The quantitative estimate of drug-likeness (QED) is 0.692.